The van der Waals surface area contributed by atoms with Crippen LogP contribution in [0.25, 0.3) is 0 Å². The molecule has 4 nitrogen and oxygen atoms in total. The number of nitrogens with zero attached hydrogens (tertiary/aromatic N) is 2. The van der Waals surface area contributed by atoms with Gasteiger partial charge in [-0.2, -0.15) is 0 Å². The average molecular weight is 276 g/mol. The van der Waals surface area contributed by atoms with Gasteiger partial charge in [0.05, 0.1) is 10.6 Å². The highest BCUT2D eigenvalue weighted by Gasteiger charge is 2.11. The second-order valence-electron chi connectivity index (χ2n) is 4.48. The molecule has 1 aromatic heterocycles. The summed E-state index contributed by atoms with van der Waals surface area (Å²) in [5, 5.41) is 10.2. The maximum Gasteiger partial charge on any atom is 0.336 e. The Morgan fingerprint density at radius 1 is 1.37 bits per heavy atom. The molecule has 0 saturated carbocycles. The Kier molecular flexibility index (Phi) is 4.29. The molecule has 5 heteroatoms. The summed E-state index contributed by atoms with van der Waals surface area (Å²) >= 11 is 1.67. The normalized spacial score (nSPS) is 10.9. The van der Waals surface area contributed by atoms with E-state index in [0.717, 1.165) is 17.1 Å². The van der Waals surface area contributed by atoms with E-state index in [0.29, 0.717) is 12.1 Å². The van der Waals surface area contributed by atoms with E-state index in [1.807, 2.05) is 32.3 Å². The summed E-state index contributed by atoms with van der Waals surface area (Å²) in [6, 6.07) is 7.12. The molecule has 2 aromatic rings. The molecule has 0 spiro atoms. The molecule has 19 heavy (non-hydrogen) atoms. The molecule has 0 saturated heterocycles. The second kappa shape index (κ2) is 5.95. The van der Waals surface area contributed by atoms with Crippen LogP contribution in [0.4, 0.5) is 0 Å². The van der Waals surface area contributed by atoms with Crippen molar-refractivity contribution >= 4 is 17.3 Å². The molecule has 0 aliphatic heterocycles. The summed E-state index contributed by atoms with van der Waals surface area (Å²) in [6.45, 7) is 3.37. The van der Waals surface area contributed by atoms with E-state index in [9.17, 15) is 4.79 Å². The minimum absolute atomic E-state index is 0.370. The van der Waals surface area contributed by atoms with Crippen LogP contribution in [0.15, 0.2) is 30.5 Å². The number of aromatic nitrogens is 1. The van der Waals surface area contributed by atoms with E-state index in [4.69, 9.17) is 5.11 Å². The fraction of sp³-hybridized carbons (Fsp3) is 0.286. The van der Waals surface area contributed by atoms with E-state index in [2.05, 4.69) is 9.88 Å². The fourth-order valence-electron chi connectivity index (χ4n) is 1.96. The van der Waals surface area contributed by atoms with Gasteiger partial charge in [0.1, 0.15) is 0 Å². The number of carboxylic acids is 1. The van der Waals surface area contributed by atoms with Crippen LogP contribution in [0.2, 0.25) is 0 Å². The smallest absolute Gasteiger partial charge is 0.336 e. The minimum atomic E-state index is -0.877. The number of rotatable bonds is 5. The van der Waals surface area contributed by atoms with Crippen LogP contribution in [0.5, 0.6) is 0 Å². The third kappa shape index (κ3) is 3.62. The van der Waals surface area contributed by atoms with Crippen molar-refractivity contribution in [2.24, 2.45) is 0 Å². The molecule has 1 aromatic carbocycles. The van der Waals surface area contributed by atoms with Gasteiger partial charge < -0.3 is 5.11 Å². The standard InChI is InChI=1S/C14H16N2O2S/c1-10-15-7-12(19-10)9-16(2)8-11-5-3-4-6-13(11)14(17)18/h3-7H,8-9H2,1-2H3,(H,17,18). The molecule has 0 bridgehead atoms. The van der Waals surface area contributed by atoms with Gasteiger partial charge in [-0.3, -0.25) is 4.90 Å². The van der Waals surface area contributed by atoms with E-state index in [-0.39, 0.29) is 0 Å². The Bertz CT molecular complexity index is 580. The van der Waals surface area contributed by atoms with Crippen LogP contribution in [0.3, 0.4) is 0 Å². The van der Waals surface area contributed by atoms with E-state index >= 15 is 0 Å². The molecule has 1 heterocycles. The van der Waals surface area contributed by atoms with Gasteiger partial charge in [0.15, 0.2) is 0 Å². The molecule has 0 aliphatic carbocycles. The van der Waals surface area contributed by atoms with Crippen molar-refractivity contribution in [3.05, 3.63) is 51.5 Å². The summed E-state index contributed by atoms with van der Waals surface area (Å²) < 4.78 is 0. The highest BCUT2D eigenvalue weighted by atomic mass is 32.1. The van der Waals surface area contributed by atoms with E-state index in [1.54, 1.807) is 23.5 Å². The third-order valence-corrected chi connectivity index (χ3v) is 3.68. The maximum atomic E-state index is 11.1. The monoisotopic (exact) mass is 276 g/mol. The lowest BCUT2D eigenvalue weighted by Crippen LogP contribution is -2.18. The van der Waals surface area contributed by atoms with Gasteiger partial charge in [-0.1, -0.05) is 18.2 Å². The van der Waals surface area contributed by atoms with Crippen molar-refractivity contribution in [2.45, 2.75) is 20.0 Å². The fourth-order valence-corrected chi connectivity index (χ4v) is 2.83. The zero-order chi connectivity index (χ0) is 13.8. The van der Waals surface area contributed by atoms with Gasteiger partial charge >= 0.3 is 5.97 Å². The molecular formula is C14H16N2O2S. The lowest BCUT2D eigenvalue weighted by atomic mass is 10.1. The Morgan fingerprint density at radius 3 is 2.74 bits per heavy atom. The zero-order valence-corrected chi connectivity index (χ0v) is 11.8. The summed E-state index contributed by atoms with van der Waals surface area (Å²) in [5.41, 5.74) is 1.20. The first-order chi connectivity index (χ1) is 9.06. The van der Waals surface area contributed by atoms with Gasteiger partial charge in [0.2, 0.25) is 0 Å². The third-order valence-electron chi connectivity index (χ3n) is 2.78. The quantitative estimate of drug-likeness (QED) is 0.912. The Morgan fingerprint density at radius 2 is 2.11 bits per heavy atom. The summed E-state index contributed by atoms with van der Waals surface area (Å²) in [6.07, 6.45) is 1.87. The topological polar surface area (TPSA) is 53.4 Å². The molecule has 0 aliphatic rings. The first-order valence-corrected chi connectivity index (χ1v) is 6.79. The van der Waals surface area contributed by atoms with E-state index in [1.165, 1.54) is 4.88 Å². The van der Waals surface area contributed by atoms with Crippen LogP contribution in [0, 0.1) is 6.92 Å². The maximum absolute atomic E-state index is 11.1. The number of carbonyl (C=O) groups is 1. The Hall–Kier alpha value is -1.72. The molecule has 100 valence electrons. The van der Waals surface area contributed by atoms with Crippen molar-refractivity contribution < 1.29 is 9.90 Å². The number of aromatic carboxylic acids is 1. The Labute approximate surface area is 116 Å². The lowest BCUT2D eigenvalue weighted by Gasteiger charge is -2.16. The largest absolute Gasteiger partial charge is 0.478 e. The van der Waals surface area contributed by atoms with Crippen LogP contribution in [0.1, 0.15) is 25.8 Å². The molecule has 0 fully saturated rings. The van der Waals surface area contributed by atoms with Gasteiger partial charge in [0, 0.05) is 24.2 Å². The molecule has 0 atom stereocenters. The van der Waals surface area contributed by atoms with Crippen molar-refractivity contribution in [1.82, 2.24) is 9.88 Å². The lowest BCUT2D eigenvalue weighted by molar-refractivity contribution is 0.0694. The number of carboxylic acid groups (broad SMARTS) is 1. The van der Waals surface area contributed by atoms with Gasteiger partial charge in [-0.25, -0.2) is 9.78 Å². The number of hydrogen-bond donors (Lipinski definition) is 1. The Balaban J connectivity index is 2.06. The summed E-state index contributed by atoms with van der Waals surface area (Å²) in [7, 11) is 1.98. The van der Waals surface area contributed by atoms with Crippen LogP contribution >= 0.6 is 11.3 Å². The van der Waals surface area contributed by atoms with Crippen molar-refractivity contribution in [3.63, 3.8) is 0 Å². The van der Waals surface area contributed by atoms with Crippen molar-refractivity contribution in [2.75, 3.05) is 7.05 Å². The predicted molar refractivity (Wildman–Crippen MR) is 75.4 cm³/mol. The van der Waals surface area contributed by atoms with Gasteiger partial charge in [0.25, 0.3) is 0 Å². The molecular weight excluding hydrogens is 260 g/mol. The van der Waals surface area contributed by atoms with Crippen LogP contribution in [-0.4, -0.2) is 28.0 Å². The number of hydrogen-bond acceptors (Lipinski definition) is 4. The summed E-state index contributed by atoms with van der Waals surface area (Å²) in [5.74, 6) is -0.877. The minimum Gasteiger partial charge on any atom is -0.478 e. The van der Waals surface area contributed by atoms with Crippen LogP contribution in [-0.2, 0) is 13.1 Å². The van der Waals surface area contributed by atoms with Crippen molar-refractivity contribution in [3.8, 4) is 0 Å². The van der Waals surface area contributed by atoms with Gasteiger partial charge in [-0.05, 0) is 25.6 Å². The highest BCUT2D eigenvalue weighted by Crippen LogP contribution is 2.16. The first kappa shape index (κ1) is 13.7. The van der Waals surface area contributed by atoms with Gasteiger partial charge in [-0.15, -0.1) is 11.3 Å². The average Bonchev–Trinajstić information content (AvgIpc) is 2.75. The number of benzene rings is 1. The molecule has 0 radical (unpaired) electrons. The molecule has 1 N–H and O–H groups in total. The molecule has 0 amide bonds. The predicted octanol–water partition coefficient (Wildman–Crippen LogP) is 2.78. The highest BCUT2D eigenvalue weighted by molar-refractivity contribution is 7.11. The SMILES string of the molecule is Cc1ncc(CN(C)Cc2ccccc2C(=O)O)s1. The molecule has 2 rings (SSSR count). The summed E-state index contributed by atoms with van der Waals surface area (Å²) in [4.78, 5) is 18.6. The van der Waals surface area contributed by atoms with Crippen LogP contribution < -0.4 is 0 Å². The zero-order valence-electron chi connectivity index (χ0n) is 11.0. The second-order valence-corrected chi connectivity index (χ2v) is 5.80. The number of aryl methyl sites for hydroxylation is 1. The number of thiazole rings is 1. The van der Waals surface area contributed by atoms with E-state index < -0.39 is 5.97 Å². The van der Waals surface area contributed by atoms with Crippen molar-refractivity contribution in [1.29, 1.82) is 0 Å². The molecule has 0 unspecified atom stereocenters. The first-order valence-electron chi connectivity index (χ1n) is 5.97.